The molecule has 0 spiro atoms. The lowest BCUT2D eigenvalue weighted by Crippen LogP contribution is -2.35. The van der Waals surface area contributed by atoms with Gasteiger partial charge in [-0.05, 0) is 41.3 Å². The third-order valence-electron chi connectivity index (χ3n) is 5.46. The van der Waals surface area contributed by atoms with E-state index in [0.29, 0.717) is 23.3 Å². The average Bonchev–Trinajstić information content (AvgIpc) is 3.00. The van der Waals surface area contributed by atoms with Crippen molar-refractivity contribution in [3.63, 3.8) is 0 Å². The SMILES string of the molecule is O=C(CN1c2cccc3cccc(c23)S1(=O)=O)Nc1ccc(Cn2ccccc2=O)cc1. The van der Waals surface area contributed by atoms with Gasteiger partial charge in [0.2, 0.25) is 5.91 Å². The van der Waals surface area contributed by atoms with Crippen molar-refractivity contribution < 1.29 is 13.2 Å². The number of anilines is 2. The molecular weight excluding hydrogens is 426 g/mol. The summed E-state index contributed by atoms with van der Waals surface area (Å²) >= 11 is 0. The molecular formula is C24H19N3O4S. The second kappa shape index (κ2) is 7.65. The summed E-state index contributed by atoms with van der Waals surface area (Å²) in [5, 5.41) is 4.22. The highest BCUT2D eigenvalue weighted by Crippen LogP contribution is 2.41. The Labute approximate surface area is 184 Å². The zero-order chi connectivity index (χ0) is 22.3. The molecule has 1 aliphatic heterocycles. The van der Waals surface area contributed by atoms with Gasteiger partial charge < -0.3 is 9.88 Å². The smallest absolute Gasteiger partial charge is 0.265 e. The summed E-state index contributed by atoms with van der Waals surface area (Å²) in [4.78, 5) is 24.8. The summed E-state index contributed by atoms with van der Waals surface area (Å²) in [6.45, 7) is 0.0967. The van der Waals surface area contributed by atoms with E-state index in [2.05, 4.69) is 5.32 Å². The van der Waals surface area contributed by atoms with Gasteiger partial charge in [-0.15, -0.1) is 0 Å². The molecule has 3 aromatic carbocycles. The lowest BCUT2D eigenvalue weighted by Gasteiger charge is -2.18. The second-order valence-electron chi connectivity index (χ2n) is 7.55. The summed E-state index contributed by atoms with van der Waals surface area (Å²) in [5.74, 6) is -0.439. The Morgan fingerprint density at radius 1 is 0.875 bits per heavy atom. The Balaban J connectivity index is 1.32. The predicted molar refractivity (Wildman–Crippen MR) is 123 cm³/mol. The van der Waals surface area contributed by atoms with Crippen molar-refractivity contribution in [3.8, 4) is 0 Å². The van der Waals surface area contributed by atoms with Crippen LogP contribution in [0.3, 0.4) is 0 Å². The van der Waals surface area contributed by atoms with Gasteiger partial charge in [-0.25, -0.2) is 8.42 Å². The van der Waals surface area contributed by atoms with Gasteiger partial charge in [0.25, 0.3) is 15.6 Å². The van der Waals surface area contributed by atoms with Crippen LogP contribution in [-0.2, 0) is 21.4 Å². The number of sulfonamides is 1. The molecule has 1 aliphatic rings. The molecule has 0 saturated heterocycles. The first-order valence-corrected chi connectivity index (χ1v) is 11.5. The van der Waals surface area contributed by atoms with Crippen LogP contribution in [-0.4, -0.2) is 25.4 Å². The molecule has 1 amide bonds. The number of rotatable bonds is 5. The van der Waals surface area contributed by atoms with Crippen molar-refractivity contribution in [2.75, 3.05) is 16.2 Å². The summed E-state index contributed by atoms with van der Waals surface area (Å²) in [5.41, 5.74) is 1.87. The number of carbonyl (C=O) groups excluding carboxylic acids is 1. The first-order valence-electron chi connectivity index (χ1n) is 10.0. The Morgan fingerprint density at radius 3 is 2.38 bits per heavy atom. The van der Waals surface area contributed by atoms with E-state index in [9.17, 15) is 18.0 Å². The minimum atomic E-state index is -3.79. The maximum atomic E-state index is 13.0. The first-order chi connectivity index (χ1) is 15.4. The van der Waals surface area contributed by atoms with Crippen LogP contribution in [0, 0.1) is 0 Å². The largest absolute Gasteiger partial charge is 0.325 e. The molecule has 0 atom stereocenters. The van der Waals surface area contributed by atoms with Gasteiger partial charge >= 0.3 is 0 Å². The van der Waals surface area contributed by atoms with E-state index in [1.54, 1.807) is 59.3 Å². The van der Waals surface area contributed by atoms with Gasteiger partial charge in [0.15, 0.2) is 0 Å². The van der Waals surface area contributed by atoms with E-state index < -0.39 is 15.9 Å². The monoisotopic (exact) mass is 445 g/mol. The van der Waals surface area contributed by atoms with Crippen molar-refractivity contribution in [2.24, 2.45) is 0 Å². The number of amides is 1. The summed E-state index contributed by atoms with van der Waals surface area (Å²) < 4.78 is 28.8. The highest BCUT2D eigenvalue weighted by atomic mass is 32.2. The maximum absolute atomic E-state index is 13.0. The molecule has 1 aromatic heterocycles. The van der Waals surface area contributed by atoms with Gasteiger partial charge in [-0.3, -0.25) is 13.9 Å². The molecule has 2 heterocycles. The molecule has 0 radical (unpaired) electrons. The number of nitrogens with one attached hydrogen (secondary N) is 1. The number of hydrogen-bond acceptors (Lipinski definition) is 4. The van der Waals surface area contributed by atoms with Gasteiger partial charge in [0.05, 0.1) is 17.1 Å². The second-order valence-corrected chi connectivity index (χ2v) is 9.39. The standard InChI is InChI=1S/C24H19N3O4S/c28-22(25-19-12-10-17(11-13-19)15-26-14-2-1-9-23(26)29)16-27-20-7-3-5-18-6-4-8-21(24(18)20)32(27,30)31/h1-14H,15-16H2,(H,25,28). The van der Waals surface area contributed by atoms with Gasteiger partial charge in [-0.1, -0.05) is 42.5 Å². The van der Waals surface area contributed by atoms with E-state index in [-0.39, 0.29) is 17.0 Å². The van der Waals surface area contributed by atoms with E-state index in [1.807, 2.05) is 24.3 Å². The van der Waals surface area contributed by atoms with Crippen LogP contribution < -0.4 is 15.2 Å². The van der Waals surface area contributed by atoms with Crippen molar-refractivity contribution in [1.82, 2.24) is 4.57 Å². The number of aromatic nitrogens is 1. The van der Waals surface area contributed by atoms with Crippen LogP contribution in [0.1, 0.15) is 5.56 Å². The number of benzene rings is 3. The Kier molecular flexibility index (Phi) is 4.79. The fraction of sp³-hybridized carbons (Fsp3) is 0.0833. The van der Waals surface area contributed by atoms with Gasteiger partial charge in [-0.2, -0.15) is 0 Å². The van der Waals surface area contributed by atoms with Crippen molar-refractivity contribution >= 4 is 38.1 Å². The molecule has 0 saturated carbocycles. The third kappa shape index (κ3) is 3.44. The van der Waals surface area contributed by atoms with Crippen LogP contribution in [0.25, 0.3) is 10.8 Å². The van der Waals surface area contributed by atoms with Crippen LogP contribution in [0.5, 0.6) is 0 Å². The fourth-order valence-corrected chi connectivity index (χ4v) is 5.61. The Morgan fingerprint density at radius 2 is 1.62 bits per heavy atom. The van der Waals surface area contributed by atoms with Crippen LogP contribution >= 0.6 is 0 Å². The topological polar surface area (TPSA) is 88.5 Å². The van der Waals surface area contributed by atoms with Gasteiger partial charge in [0.1, 0.15) is 6.54 Å². The van der Waals surface area contributed by atoms with Crippen molar-refractivity contribution in [2.45, 2.75) is 11.4 Å². The molecule has 0 bridgehead atoms. The van der Waals surface area contributed by atoms with E-state index in [1.165, 1.54) is 6.07 Å². The normalized spacial score (nSPS) is 13.9. The predicted octanol–water partition coefficient (Wildman–Crippen LogP) is 3.20. The van der Waals surface area contributed by atoms with Crippen molar-refractivity contribution in [1.29, 1.82) is 0 Å². The molecule has 160 valence electrons. The minimum Gasteiger partial charge on any atom is -0.325 e. The lowest BCUT2D eigenvalue weighted by atomic mass is 10.1. The molecule has 0 aliphatic carbocycles. The molecule has 5 rings (SSSR count). The summed E-state index contributed by atoms with van der Waals surface area (Å²) in [7, 11) is -3.79. The van der Waals surface area contributed by atoms with E-state index >= 15 is 0 Å². The number of nitrogens with zero attached hydrogens (tertiary/aromatic N) is 2. The molecule has 0 fully saturated rings. The summed E-state index contributed by atoms with van der Waals surface area (Å²) in [6.07, 6.45) is 1.72. The quantitative estimate of drug-likeness (QED) is 0.511. The van der Waals surface area contributed by atoms with E-state index in [0.717, 1.165) is 15.3 Å². The zero-order valence-electron chi connectivity index (χ0n) is 16.9. The first kappa shape index (κ1) is 20.0. The highest BCUT2D eigenvalue weighted by Gasteiger charge is 2.36. The lowest BCUT2D eigenvalue weighted by molar-refractivity contribution is -0.114. The number of carbonyl (C=O) groups is 1. The molecule has 4 aromatic rings. The molecule has 8 heteroatoms. The molecule has 7 nitrogen and oxygen atoms in total. The maximum Gasteiger partial charge on any atom is 0.265 e. The minimum absolute atomic E-state index is 0.0901. The molecule has 1 N–H and O–H groups in total. The van der Waals surface area contributed by atoms with Crippen molar-refractivity contribution in [3.05, 3.63) is 101 Å². The Bertz CT molecular complexity index is 1500. The van der Waals surface area contributed by atoms with Crippen LogP contribution in [0.15, 0.2) is 94.7 Å². The fourth-order valence-electron chi connectivity index (χ4n) is 3.94. The van der Waals surface area contributed by atoms with Crippen LogP contribution in [0.2, 0.25) is 0 Å². The molecule has 0 unspecified atom stereocenters. The third-order valence-corrected chi connectivity index (χ3v) is 7.26. The summed E-state index contributed by atoms with van der Waals surface area (Å²) in [6, 6.07) is 22.6. The number of hydrogen-bond donors (Lipinski definition) is 1. The number of pyridine rings is 1. The average molecular weight is 446 g/mol. The Hall–Kier alpha value is -3.91. The van der Waals surface area contributed by atoms with Crippen LogP contribution in [0.4, 0.5) is 11.4 Å². The highest BCUT2D eigenvalue weighted by molar-refractivity contribution is 7.93. The molecule has 32 heavy (non-hydrogen) atoms. The zero-order valence-corrected chi connectivity index (χ0v) is 17.7. The van der Waals surface area contributed by atoms with E-state index in [4.69, 9.17) is 0 Å². The van der Waals surface area contributed by atoms with Gasteiger partial charge in [0, 0.05) is 23.3 Å².